The minimum absolute atomic E-state index is 0.127. The van der Waals surface area contributed by atoms with Gasteiger partial charge in [-0.15, -0.1) is 0 Å². The Kier molecular flexibility index (Phi) is 9.56. The third kappa shape index (κ3) is 6.89. The molecule has 1 saturated heterocycles. The van der Waals surface area contributed by atoms with E-state index in [0.717, 1.165) is 76.0 Å². The third-order valence-corrected chi connectivity index (χ3v) is 7.89. The third-order valence-electron chi connectivity index (χ3n) is 7.89. The lowest BCUT2D eigenvalue weighted by Crippen LogP contribution is -2.51. The maximum Gasteiger partial charge on any atom is 0.268 e. The quantitative estimate of drug-likeness (QED) is 0.510. The lowest BCUT2D eigenvalue weighted by Gasteiger charge is -2.35. The number of amides is 2. The molecule has 2 amide bonds. The van der Waals surface area contributed by atoms with Gasteiger partial charge in [0.15, 0.2) is 0 Å². The van der Waals surface area contributed by atoms with Crippen molar-refractivity contribution >= 4 is 22.7 Å². The van der Waals surface area contributed by atoms with Crippen LogP contribution >= 0.6 is 0 Å². The summed E-state index contributed by atoms with van der Waals surface area (Å²) in [5.41, 5.74) is 1.59. The number of rotatable bonds is 10. The van der Waals surface area contributed by atoms with Gasteiger partial charge in [-0.05, 0) is 31.4 Å². The summed E-state index contributed by atoms with van der Waals surface area (Å²) in [6.45, 7) is 6.37. The molecule has 0 bridgehead atoms. The molecule has 0 radical (unpaired) electrons. The van der Waals surface area contributed by atoms with Crippen LogP contribution in [0.25, 0.3) is 10.9 Å². The molecule has 2 aromatic rings. The van der Waals surface area contributed by atoms with E-state index in [-0.39, 0.29) is 23.8 Å². The van der Waals surface area contributed by atoms with Crippen LogP contribution in [0.4, 0.5) is 0 Å². The smallest absolute Gasteiger partial charge is 0.268 e. The van der Waals surface area contributed by atoms with Crippen molar-refractivity contribution < 1.29 is 14.3 Å². The van der Waals surface area contributed by atoms with Crippen molar-refractivity contribution in [3.63, 3.8) is 0 Å². The standard InChI is InChI=1S/C28H40N6O3/c1-32-25-10-6-3-7-21(25)19-26(32)28(36)31-24-9-5-4-8-23(24)27(35)30-22(20-29)11-12-33-13-15-34(16-14-33)17-18-37-2/h3,6-7,10,19,22-24H,4-5,8-9,11-18H2,1-2H3,(H,30,35)(H,31,36). The van der Waals surface area contributed by atoms with Crippen molar-refractivity contribution in [2.45, 2.75) is 44.2 Å². The van der Waals surface area contributed by atoms with Crippen LogP contribution in [0.2, 0.25) is 0 Å². The summed E-state index contributed by atoms with van der Waals surface area (Å²) in [6, 6.07) is 11.3. The Bertz CT molecular complexity index is 1100. The molecule has 1 aromatic carbocycles. The fourth-order valence-electron chi connectivity index (χ4n) is 5.58. The number of carbonyl (C=O) groups is 2. The number of aromatic nitrogens is 1. The Labute approximate surface area is 219 Å². The number of ether oxygens (including phenoxy) is 1. The zero-order valence-electron chi connectivity index (χ0n) is 22.1. The molecule has 2 aliphatic rings. The molecule has 3 atom stereocenters. The minimum atomic E-state index is -0.532. The topological polar surface area (TPSA) is 103 Å². The number of nitriles is 1. The monoisotopic (exact) mass is 508 g/mol. The molecule has 1 aliphatic carbocycles. The molecule has 1 aromatic heterocycles. The summed E-state index contributed by atoms with van der Waals surface area (Å²) in [6.07, 6.45) is 4.00. The van der Waals surface area contributed by atoms with Crippen molar-refractivity contribution in [1.82, 2.24) is 25.0 Å². The maximum absolute atomic E-state index is 13.2. The molecule has 9 heteroatoms. The first kappa shape index (κ1) is 27.1. The van der Waals surface area contributed by atoms with Crippen LogP contribution < -0.4 is 10.6 Å². The number of methoxy groups -OCH3 is 1. The minimum Gasteiger partial charge on any atom is -0.383 e. The zero-order valence-corrected chi connectivity index (χ0v) is 22.1. The molecular weight excluding hydrogens is 468 g/mol. The molecule has 2 fully saturated rings. The molecule has 3 unspecified atom stereocenters. The van der Waals surface area contributed by atoms with Gasteiger partial charge in [-0.25, -0.2) is 0 Å². The van der Waals surface area contributed by atoms with E-state index in [1.54, 1.807) is 7.11 Å². The molecule has 2 N–H and O–H groups in total. The number of para-hydroxylation sites is 1. The number of benzene rings is 1. The van der Waals surface area contributed by atoms with Gasteiger partial charge in [-0.2, -0.15) is 5.26 Å². The first-order valence-electron chi connectivity index (χ1n) is 13.5. The highest BCUT2D eigenvalue weighted by molar-refractivity contribution is 5.99. The fraction of sp³-hybridized carbons (Fsp3) is 0.607. The summed E-state index contributed by atoms with van der Waals surface area (Å²) in [5.74, 6) is -0.615. The summed E-state index contributed by atoms with van der Waals surface area (Å²) < 4.78 is 7.06. The normalized spacial score (nSPS) is 21.9. The molecule has 1 aliphatic heterocycles. The second-order valence-corrected chi connectivity index (χ2v) is 10.3. The van der Waals surface area contributed by atoms with E-state index >= 15 is 0 Å². The number of fused-ring (bicyclic) bond motifs is 1. The largest absolute Gasteiger partial charge is 0.383 e. The van der Waals surface area contributed by atoms with E-state index in [4.69, 9.17) is 4.74 Å². The Morgan fingerprint density at radius 3 is 2.51 bits per heavy atom. The van der Waals surface area contributed by atoms with Crippen LogP contribution in [0.1, 0.15) is 42.6 Å². The number of piperazine rings is 1. The molecule has 37 heavy (non-hydrogen) atoms. The summed E-state index contributed by atoms with van der Waals surface area (Å²) in [4.78, 5) is 31.2. The maximum atomic E-state index is 13.2. The second-order valence-electron chi connectivity index (χ2n) is 10.3. The number of aryl methyl sites for hydroxylation is 1. The van der Waals surface area contributed by atoms with E-state index in [2.05, 4.69) is 26.5 Å². The fourth-order valence-corrected chi connectivity index (χ4v) is 5.58. The van der Waals surface area contributed by atoms with Gasteiger partial charge in [-0.1, -0.05) is 31.0 Å². The number of nitrogens with zero attached hydrogens (tertiary/aromatic N) is 4. The van der Waals surface area contributed by atoms with E-state index in [0.29, 0.717) is 18.5 Å². The highest BCUT2D eigenvalue weighted by Gasteiger charge is 2.33. The average molecular weight is 509 g/mol. The Morgan fingerprint density at radius 2 is 1.81 bits per heavy atom. The van der Waals surface area contributed by atoms with Crippen LogP contribution in [0.15, 0.2) is 30.3 Å². The van der Waals surface area contributed by atoms with Gasteiger partial charge in [0.1, 0.15) is 11.7 Å². The molecule has 200 valence electrons. The van der Waals surface area contributed by atoms with Gasteiger partial charge in [0.2, 0.25) is 5.91 Å². The van der Waals surface area contributed by atoms with E-state index in [1.807, 2.05) is 41.9 Å². The van der Waals surface area contributed by atoms with Crippen molar-refractivity contribution in [2.75, 3.05) is 53.0 Å². The number of carbonyl (C=O) groups excluding carboxylic acids is 2. The van der Waals surface area contributed by atoms with E-state index in [9.17, 15) is 14.9 Å². The van der Waals surface area contributed by atoms with Gasteiger partial charge in [-0.3, -0.25) is 14.5 Å². The van der Waals surface area contributed by atoms with Crippen LogP contribution in [-0.2, 0) is 16.6 Å². The van der Waals surface area contributed by atoms with Gasteiger partial charge in [0, 0.05) is 70.4 Å². The predicted octanol–water partition coefficient (Wildman–Crippen LogP) is 2.13. The summed E-state index contributed by atoms with van der Waals surface area (Å²) in [5, 5.41) is 16.9. The molecule has 1 saturated carbocycles. The summed E-state index contributed by atoms with van der Waals surface area (Å²) in [7, 11) is 3.61. The average Bonchev–Trinajstić information content (AvgIpc) is 3.27. The molecule has 9 nitrogen and oxygen atoms in total. The zero-order chi connectivity index (χ0) is 26.2. The van der Waals surface area contributed by atoms with Gasteiger partial charge in [0.25, 0.3) is 5.91 Å². The first-order valence-corrected chi connectivity index (χ1v) is 13.5. The highest BCUT2D eigenvalue weighted by Crippen LogP contribution is 2.26. The first-order chi connectivity index (χ1) is 18.0. The number of hydrogen-bond acceptors (Lipinski definition) is 6. The van der Waals surface area contributed by atoms with E-state index < -0.39 is 6.04 Å². The lowest BCUT2D eigenvalue weighted by atomic mass is 9.83. The Morgan fingerprint density at radius 1 is 1.11 bits per heavy atom. The van der Waals surface area contributed by atoms with E-state index in [1.165, 1.54) is 0 Å². The van der Waals surface area contributed by atoms with Gasteiger partial charge in [0.05, 0.1) is 18.6 Å². The van der Waals surface area contributed by atoms with Gasteiger partial charge < -0.3 is 24.8 Å². The van der Waals surface area contributed by atoms with Crippen molar-refractivity contribution in [2.24, 2.45) is 13.0 Å². The van der Waals surface area contributed by atoms with Gasteiger partial charge >= 0.3 is 0 Å². The van der Waals surface area contributed by atoms with Crippen LogP contribution in [0.5, 0.6) is 0 Å². The van der Waals surface area contributed by atoms with Crippen molar-refractivity contribution in [3.05, 3.63) is 36.0 Å². The molecule has 4 rings (SSSR count). The van der Waals surface area contributed by atoms with Crippen molar-refractivity contribution in [3.8, 4) is 6.07 Å². The van der Waals surface area contributed by atoms with Crippen LogP contribution in [0.3, 0.4) is 0 Å². The molecule has 2 heterocycles. The SMILES string of the molecule is COCCN1CCN(CCC(C#N)NC(=O)C2CCCCC2NC(=O)c2cc3ccccc3n2C)CC1. The molecule has 0 spiro atoms. The highest BCUT2D eigenvalue weighted by atomic mass is 16.5. The predicted molar refractivity (Wildman–Crippen MR) is 143 cm³/mol. The molecular formula is C28H40N6O3. The number of hydrogen-bond donors (Lipinski definition) is 2. The van der Waals surface area contributed by atoms with Crippen molar-refractivity contribution in [1.29, 1.82) is 5.26 Å². The number of nitrogens with one attached hydrogen (secondary N) is 2. The Balaban J connectivity index is 1.29. The Hall–Kier alpha value is -2.93. The lowest BCUT2D eigenvalue weighted by molar-refractivity contribution is -0.127. The summed E-state index contributed by atoms with van der Waals surface area (Å²) >= 11 is 0. The second kappa shape index (κ2) is 13.0. The van der Waals surface area contributed by atoms with Crippen LogP contribution in [-0.4, -0.2) is 91.3 Å². The van der Waals surface area contributed by atoms with Crippen LogP contribution in [0, 0.1) is 17.2 Å².